The third-order valence-electron chi connectivity index (χ3n) is 7.11. The van der Waals surface area contributed by atoms with Crippen LogP contribution in [0.5, 0.6) is 5.75 Å². The van der Waals surface area contributed by atoms with Gasteiger partial charge >= 0.3 is 0 Å². The van der Waals surface area contributed by atoms with E-state index in [9.17, 15) is 24.3 Å². The summed E-state index contributed by atoms with van der Waals surface area (Å²) in [7, 11) is 0. The first-order valence-electron chi connectivity index (χ1n) is 12.2. The lowest BCUT2D eigenvalue weighted by Crippen LogP contribution is -2.55. The van der Waals surface area contributed by atoms with E-state index in [4.69, 9.17) is 0 Å². The molecule has 0 aliphatic carbocycles. The molecule has 0 radical (unpaired) electrons. The number of hydrogen-bond donors (Lipinski definition) is 3. The van der Waals surface area contributed by atoms with Crippen LogP contribution >= 0.6 is 0 Å². The topological polar surface area (TPSA) is 119 Å². The molecule has 2 aliphatic rings. The molecule has 0 spiro atoms. The zero-order chi connectivity index (χ0) is 25.4. The van der Waals surface area contributed by atoms with Crippen LogP contribution in [0.3, 0.4) is 0 Å². The van der Waals surface area contributed by atoms with Crippen LogP contribution < -0.4 is 21.5 Å². The number of piperazine rings is 1. The number of benzene rings is 2. The maximum Gasteiger partial charge on any atom is 0.258 e. The summed E-state index contributed by atoms with van der Waals surface area (Å²) in [6.45, 7) is 3.08. The van der Waals surface area contributed by atoms with Crippen LogP contribution in [0.1, 0.15) is 48.1 Å². The fourth-order valence-electron chi connectivity index (χ4n) is 5.13. The Labute approximate surface area is 208 Å². The molecule has 3 N–H and O–H groups in total. The zero-order valence-electron chi connectivity index (χ0n) is 20.0. The van der Waals surface area contributed by atoms with Crippen molar-refractivity contribution in [2.75, 3.05) is 30.3 Å². The highest BCUT2D eigenvalue weighted by Crippen LogP contribution is 2.34. The number of fused-ring (bicyclic) bond motifs is 1. The van der Waals surface area contributed by atoms with Gasteiger partial charge in [0, 0.05) is 19.1 Å². The molecule has 186 valence electrons. The van der Waals surface area contributed by atoms with Gasteiger partial charge in [0.05, 0.1) is 17.3 Å². The number of hydrogen-bond acceptors (Lipinski definition) is 7. The van der Waals surface area contributed by atoms with E-state index in [0.717, 1.165) is 24.9 Å². The molecular formula is C27H28N4O5. The van der Waals surface area contributed by atoms with Gasteiger partial charge in [0.15, 0.2) is 5.75 Å². The summed E-state index contributed by atoms with van der Waals surface area (Å²) < 4.78 is 0. The number of carbonyl (C=O) groups is 2. The standard InChI is InChI=1S/C27H28N4O5/c1-2-19(16-8-4-3-5-9-16)28-22-23(26(35)25(22)34)29-20-12-6-11-18(24(20)33)27(36)30-14-17-10-7-13-31(17)21(32)15-30/h3-6,8-9,11-12,17,19,28-29,33H,2,7,10,13-15H2,1H3/t17?,19-/m1/s1. The maximum atomic E-state index is 13.2. The van der Waals surface area contributed by atoms with Gasteiger partial charge in [-0.15, -0.1) is 0 Å². The Balaban J connectivity index is 1.37. The van der Waals surface area contributed by atoms with E-state index in [1.165, 1.54) is 17.0 Å². The molecule has 3 aromatic rings. The predicted octanol–water partition coefficient (Wildman–Crippen LogP) is 2.74. The van der Waals surface area contributed by atoms with E-state index in [1.54, 1.807) is 6.07 Å². The Morgan fingerprint density at radius 3 is 2.56 bits per heavy atom. The van der Waals surface area contributed by atoms with Gasteiger partial charge in [-0.25, -0.2) is 0 Å². The number of nitrogens with one attached hydrogen (secondary N) is 2. The van der Waals surface area contributed by atoms with E-state index >= 15 is 0 Å². The molecule has 0 aromatic heterocycles. The lowest BCUT2D eigenvalue weighted by Gasteiger charge is -2.37. The van der Waals surface area contributed by atoms with Crippen molar-refractivity contribution in [2.24, 2.45) is 0 Å². The molecule has 9 nitrogen and oxygen atoms in total. The molecule has 1 unspecified atom stereocenters. The Morgan fingerprint density at radius 1 is 1.06 bits per heavy atom. The average Bonchev–Trinajstić information content (AvgIpc) is 3.38. The molecule has 0 saturated carbocycles. The average molecular weight is 489 g/mol. The minimum absolute atomic E-state index is 0.00664. The smallest absolute Gasteiger partial charge is 0.258 e. The van der Waals surface area contributed by atoms with Gasteiger partial charge in [-0.2, -0.15) is 0 Å². The van der Waals surface area contributed by atoms with Crippen molar-refractivity contribution < 1.29 is 14.7 Å². The first-order chi connectivity index (χ1) is 17.4. The third-order valence-corrected chi connectivity index (χ3v) is 7.11. The number of para-hydroxylation sites is 1. The van der Waals surface area contributed by atoms with Gasteiger partial charge in [-0.3, -0.25) is 19.2 Å². The summed E-state index contributed by atoms with van der Waals surface area (Å²) in [4.78, 5) is 53.7. The van der Waals surface area contributed by atoms with Crippen LogP contribution in [0.2, 0.25) is 0 Å². The summed E-state index contributed by atoms with van der Waals surface area (Å²) in [6, 6.07) is 14.0. The molecular weight excluding hydrogens is 460 g/mol. The molecule has 2 atom stereocenters. The van der Waals surface area contributed by atoms with Gasteiger partial charge in [-0.05, 0) is 37.0 Å². The van der Waals surface area contributed by atoms with Gasteiger partial charge in [-0.1, -0.05) is 43.3 Å². The molecule has 2 heterocycles. The normalized spacial score (nSPS) is 18.2. The van der Waals surface area contributed by atoms with Crippen molar-refractivity contribution in [3.8, 4) is 5.75 Å². The lowest BCUT2D eigenvalue weighted by molar-refractivity contribution is -0.136. The summed E-state index contributed by atoms with van der Waals surface area (Å²) in [5.41, 5.74) is 0.00830. The fraction of sp³-hybridized carbons (Fsp3) is 0.333. The maximum absolute atomic E-state index is 13.2. The molecule has 3 aromatic carbocycles. The molecule has 2 saturated heterocycles. The second kappa shape index (κ2) is 9.49. The van der Waals surface area contributed by atoms with Crippen molar-refractivity contribution in [1.29, 1.82) is 0 Å². The number of nitrogens with zero attached hydrogens (tertiary/aromatic N) is 2. The van der Waals surface area contributed by atoms with E-state index in [-0.39, 0.29) is 52.9 Å². The van der Waals surface area contributed by atoms with Crippen LogP contribution in [0.25, 0.3) is 0 Å². The van der Waals surface area contributed by atoms with Crippen LogP contribution in [0.4, 0.5) is 17.1 Å². The Morgan fingerprint density at radius 2 is 1.81 bits per heavy atom. The Hall–Kier alpha value is -4.14. The Bertz CT molecular complexity index is 1380. The number of amides is 2. The van der Waals surface area contributed by atoms with Gasteiger partial charge < -0.3 is 25.5 Å². The van der Waals surface area contributed by atoms with Gasteiger partial charge in [0.1, 0.15) is 17.9 Å². The van der Waals surface area contributed by atoms with E-state index in [1.807, 2.05) is 42.2 Å². The van der Waals surface area contributed by atoms with Crippen LogP contribution in [0, 0.1) is 0 Å². The molecule has 0 bridgehead atoms. The SMILES string of the molecule is CC[C@@H](Nc1c(Nc2cccc(C(=O)N3CC(=O)N4CCCC4C3)c2O)c(=O)c1=O)c1ccccc1. The number of carbonyl (C=O) groups excluding carboxylic acids is 2. The molecule has 2 amide bonds. The number of phenolic OH excluding ortho intramolecular Hbond substituents is 1. The van der Waals surface area contributed by atoms with Crippen molar-refractivity contribution in [3.63, 3.8) is 0 Å². The predicted molar refractivity (Wildman–Crippen MR) is 136 cm³/mol. The highest BCUT2D eigenvalue weighted by atomic mass is 16.3. The van der Waals surface area contributed by atoms with Crippen molar-refractivity contribution in [2.45, 2.75) is 38.3 Å². The number of aromatic hydroxyl groups is 1. The van der Waals surface area contributed by atoms with Crippen molar-refractivity contribution in [1.82, 2.24) is 9.80 Å². The summed E-state index contributed by atoms with van der Waals surface area (Å²) >= 11 is 0. The molecule has 9 heteroatoms. The molecule has 36 heavy (non-hydrogen) atoms. The van der Waals surface area contributed by atoms with Crippen LogP contribution in [-0.2, 0) is 4.79 Å². The highest BCUT2D eigenvalue weighted by molar-refractivity contribution is 6.01. The van der Waals surface area contributed by atoms with Crippen LogP contribution in [-0.4, -0.2) is 52.4 Å². The summed E-state index contributed by atoms with van der Waals surface area (Å²) in [5, 5.41) is 16.9. The van der Waals surface area contributed by atoms with Crippen LogP contribution in [0.15, 0.2) is 58.1 Å². The minimum Gasteiger partial charge on any atom is -0.505 e. The highest BCUT2D eigenvalue weighted by Gasteiger charge is 2.38. The molecule has 2 aliphatic heterocycles. The first kappa shape index (κ1) is 23.6. The lowest BCUT2D eigenvalue weighted by atomic mass is 10.0. The molecule has 2 fully saturated rings. The van der Waals surface area contributed by atoms with E-state index in [0.29, 0.717) is 13.0 Å². The van der Waals surface area contributed by atoms with Crippen molar-refractivity contribution in [3.05, 3.63) is 80.1 Å². The largest absolute Gasteiger partial charge is 0.505 e. The second-order valence-corrected chi connectivity index (χ2v) is 9.32. The molecule has 5 rings (SSSR count). The van der Waals surface area contributed by atoms with Gasteiger partial charge in [0.2, 0.25) is 5.91 Å². The van der Waals surface area contributed by atoms with E-state index < -0.39 is 16.8 Å². The third kappa shape index (κ3) is 4.10. The van der Waals surface area contributed by atoms with Crippen molar-refractivity contribution >= 4 is 28.9 Å². The monoisotopic (exact) mass is 488 g/mol. The first-order valence-corrected chi connectivity index (χ1v) is 12.2. The number of anilines is 3. The minimum atomic E-state index is -0.695. The second-order valence-electron chi connectivity index (χ2n) is 9.32. The quantitative estimate of drug-likeness (QED) is 0.346. The summed E-state index contributed by atoms with van der Waals surface area (Å²) in [5.74, 6) is -0.873. The number of rotatable bonds is 7. The Kier molecular flexibility index (Phi) is 6.22. The van der Waals surface area contributed by atoms with E-state index in [2.05, 4.69) is 10.6 Å². The fourth-order valence-corrected chi connectivity index (χ4v) is 5.13. The zero-order valence-corrected chi connectivity index (χ0v) is 20.0. The number of phenols is 1. The van der Waals surface area contributed by atoms with Gasteiger partial charge in [0.25, 0.3) is 16.8 Å². The summed E-state index contributed by atoms with van der Waals surface area (Å²) in [6.07, 6.45) is 2.46.